The van der Waals surface area contributed by atoms with E-state index in [-0.39, 0.29) is 28.5 Å². The van der Waals surface area contributed by atoms with Gasteiger partial charge in [-0.1, -0.05) is 0 Å². The second kappa shape index (κ2) is 7.99. The Kier molecular flexibility index (Phi) is 5.70. The molecule has 2 aliphatic rings. The third-order valence-corrected chi connectivity index (χ3v) is 5.36. The molecule has 1 N–H and O–H groups in total. The van der Waals surface area contributed by atoms with E-state index in [9.17, 15) is 14.4 Å². The van der Waals surface area contributed by atoms with Gasteiger partial charge in [-0.2, -0.15) is 0 Å². The van der Waals surface area contributed by atoms with Crippen molar-refractivity contribution in [2.45, 2.75) is 32.1 Å². The summed E-state index contributed by atoms with van der Waals surface area (Å²) >= 11 is 0. The van der Waals surface area contributed by atoms with Crippen molar-refractivity contribution < 1.29 is 14.3 Å². The van der Waals surface area contributed by atoms with Crippen molar-refractivity contribution in [3.8, 4) is 0 Å². The predicted octanol–water partition coefficient (Wildman–Crippen LogP) is 0.651. The van der Waals surface area contributed by atoms with Gasteiger partial charge in [-0.3, -0.25) is 14.4 Å². The average Bonchev–Trinajstić information content (AvgIpc) is 2.65. The molecule has 26 heavy (non-hydrogen) atoms. The van der Waals surface area contributed by atoms with Crippen LogP contribution in [-0.2, 0) is 9.53 Å². The summed E-state index contributed by atoms with van der Waals surface area (Å²) in [5.41, 5.74) is -0.114. The normalized spacial score (nSPS) is 23.5. The second-order valence-electron chi connectivity index (χ2n) is 7.29. The monoisotopic (exact) mass is 362 g/mol. The fourth-order valence-electron chi connectivity index (χ4n) is 4.04. The molecule has 0 bridgehead atoms. The molecule has 1 atom stereocenters. The molecule has 1 spiro atoms. The van der Waals surface area contributed by atoms with E-state index in [0.29, 0.717) is 39.2 Å². The number of carbonyl (C=O) groups excluding carboxylic acids is 2. The quantitative estimate of drug-likeness (QED) is 0.776. The minimum absolute atomic E-state index is 0.0446. The predicted molar refractivity (Wildman–Crippen MR) is 94.7 cm³/mol. The summed E-state index contributed by atoms with van der Waals surface area (Å²) in [6.07, 6.45) is 6.60. The summed E-state index contributed by atoms with van der Waals surface area (Å²) in [6.45, 7) is 3.33. The SMILES string of the molecule is COCCCN1CC2(CCCN(C(=O)c3c[nH]c(=O)cn3)C2)CCC1=O. The number of carbonyl (C=O) groups is 2. The maximum Gasteiger partial charge on any atom is 0.273 e. The van der Waals surface area contributed by atoms with Crippen molar-refractivity contribution in [1.29, 1.82) is 0 Å². The van der Waals surface area contributed by atoms with Crippen LogP contribution in [0.5, 0.6) is 0 Å². The van der Waals surface area contributed by atoms with Crippen molar-refractivity contribution in [2.75, 3.05) is 39.9 Å². The van der Waals surface area contributed by atoms with Crippen LogP contribution in [0.25, 0.3) is 0 Å². The molecule has 2 saturated heterocycles. The minimum Gasteiger partial charge on any atom is -0.385 e. The van der Waals surface area contributed by atoms with E-state index in [0.717, 1.165) is 31.9 Å². The van der Waals surface area contributed by atoms with E-state index in [1.807, 2.05) is 9.80 Å². The van der Waals surface area contributed by atoms with Crippen molar-refractivity contribution in [3.63, 3.8) is 0 Å². The number of aromatic amines is 1. The Morgan fingerprint density at radius 1 is 1.35 bits per heavy atom. The van der Waals surface area contributed by atoms with Gasteiger partial charge in [0.05, 0.1) is 6.20 Å². The molecular formula is C18H26N4O4. The van der Waals surface area contributed by atoms with Crippen LogP contribution in [0.4, 0.5) is 0 Å². The number of nitrogens with one attached hydrogen (secondary N) is 1. The lowest BCUT2D eigenvalue weighted by Crippen LogP contribution is -2.55. The van der Waals surface area contributed by atoms with Crippen LogP contribution in [0, 0.1) is 5.41 Å². The van der Waals surface area contributed by atoms with Crippen LogP contribution >= 0.6 is 0 Å². The van der Waals surface area contributed by atoms with Gasteiger partial charge in [0.2, 0.25) is 5.91 Å². The van der Waals surface area contributed by atoms with Crippen molar-refractivity contribution in [2.24, 2.45) is 5.41 Å². The van der Waals surface area contributed by atoms with Crippen molar-refractivity contribution in [3.05, 3.63) is 28.4 Å². The molecule has 8 heteroatoms. The summed E-state index contributed by atoms with van der Waals surface area (Å²) in [5.74, 6) is 0.0284. The molecule has 8 nitrogen and oxygen atoms in total. The molecule has 0 saturated carbocycles. The topological polar surface area (TPSA) is 95.6 Å². The lowest BCUT2D eigenvalue weighted by atomic mass is 9.73. The number of rotatable bonds is 5. The first-order chi connectivity index (χ1) is 12.5. The molecule has 0 aromatic carbocycles. The second-order valence-corrected chi connectivity index (χ2v) is 7.29. The fourth-order valence-corrected chi connectivity index (χ4v) is 4.04. The van der Waals surface area contributed by atoms with Crippen molar-refractivity contribution >= 4 is 11.8 Å². The Labute approximate surface area is 152 Å². The Morgan fingerprint density at radius 2 is 2.19 bits per heavy atom. The summed E-state index contributed by atoms with van der Waals surface area (Å²) in [6, 6.07) is 0. The number of amides is 2. The summed E-state index contributed by atoms with van der Waals surface area (Å²) in [5, 5.41) is 0. The van der Waals surface area contributed by atoms with Gasteiger partial charge in [-0.25, -0.2) is 4.98 Å². The van der Waals surface area contributed by atoms with E-state index in [4.69, 9.17) is 4.74 Å². The maximum absolute atomic E-state index is 12.7. The first kappa shape index (κ1) is 18.6. The van der Waals surface area contributed by atoms with Crippen LogP contribution in [0.3, 0.4) is 0 Å². The van der Waals surface area contributed by atoms with Crippen LogP contribution in [0.2, 0.25) is 0 Å². The number of H-pyrrole nitrogens is 1. The van der Waals surface area contributed by atoms with Crippen LogP contribution in [0.1, 0.15) is 42.6 Å². The first-order valence-electron chi connectivity index (χ1n) is 9.14. The van der Waals surface area contributed by atoms with Gasteiger partial charge in [-0.05, 0) is 25.7 Å². The number of nitrogens with zero attached hydrogens (tertiary/aromatic N) is 3. The Morgan fingerprint density at radius 3 is 2.92 bits per heavy atom. The van der Waals surface area contributed by atoms with Crippen LogP contribution in [0.15, 0.2) is 17.2 Å². The van der Waals surface area contributed by atoms with Gasteiger partial charge < -0.3 is 19.5 Å². The fraction of sp³-hybridized carbons (Fsp3) is 0.667. The average molecular weight is 362 g/mol. The highest BCUT2D eigenvalue weighted by molar-refractivity contribution is 5.92. The summed E-state index contributed by atoms with van der Waals surface area (Å²) < 4.78 is 5.09. The van der Waals surface area contributed by atoms with Gasteiger partial charge in [0.25, 0.3) is 11.5 Å². The van der Waals surface area contributed by atoms with Gasteiger partial charge in [0, 0.05) is 57.9 Å². The van der Waals surface area contributed by atoms with E-state index < -0.39 is 0 Å². The van der Waals surface area contributed by atoms with Crippen LogP contribution in [-0.4, -0.2) is 71.5 Å². The van der Waals surface area contributed by atoms with E-state index in [1.54, 1.807) is 7.11 Å². The summed E-state index contributed by atoms with van der Waals surface area (Å²) in [4.78, 5) is 46.3. The van der Waals surface area contributed by atoms with E-state index in [1.165, 1.54) is 6.20 Å². The largest absolute Gasteiger partial charge is 0.385 e. The molecule has 0 aliphatic carbocycles. The molecule has 0 radical (unpaired) electrons. The number of aromatic nitrogens is 2. The standard InChI is InChI=1S/C18H26N4O4/c1-26-9-3-8-21-12-18(6-4-16(21)24)5-2-7-22(13-18)17(25)14-10-20-15(23)11-19-14/h10-11H,2-9,12-13H2,1H3,(H,20,23). The Balaban J connectivity index is 1.68. The van der Waals surface area contributed by atoms with Crippen LogP contribution < -0.4 is 5.56 Å². The third-order valence-electron chi connectivity index (χ3n) is 5.36. The number of hydrogen-bond donors (Lipinski definition) is 1. The molecule has 3 heterocycles. The minimum atomic E-state index is -0.325. The highest BCUT2D eigenvalue weighted by Crippen LogP contribution is 2.39. The lowest BCUT2D eigenvalue weighted by molar-refractivity contribution is -0.139. The molecule has 2 fully saturated rings. The zero-order valence-corrected chi connectivity index (χ0v) is 15.2. The summed E-state index contributed by atoms with van der Waals surface area (Å²) in [7, 11) is 1.66. The molecule has 1 unspecified atom stereocenters. The van der Waals surface area contributed by atoms with E-state index >= 15 is 0 Å². The lowest BCUT2D eigenvalue weighted by Gasteiger charge is -2.48. The zero-order valence-electron chi connectivity index (χ0n) is 15.2. The Hall–Kier alpha value is -2.22. The van der Waals surface area contributed by atoms with Gasteiger partial charge in [0.1, 0.15) is 5.69 Å². The maximum atomic E-state index is 12.7. The number of methoxy groups -OCH3 is 1. The zero-order chi connectivity index (χ0) is 18.6. The number of piperidine rings is 2. The smallest absolute Gasteiger partial charge is 0.273 e. The third kappa shape index (κ3) is 4.12. The van der Waals surface area contributed by atoms with Gasteiger partial charge >= 0.3 is 0 Å². The molecule has 142 valence electrons. The highest BCUT2D eigenvalue weighted by atomic mass is 16.5. The molecular weight excluding hydrogens is 336 g/mol. The molecule has 2 amide bonds. The molecule has 1 aromatic heterocycles. The molecule has 3 rings (SSSR count). The number of likely N-dealkylation sites (tertiary alicyclic amines) is 2. The number of ether oxygens (including phenoxy) is 1. The van der Waals surface area contributed by atoms with E-state index in [2.05, 4.69) is 9.97 Å². The Bertz CT molecular complexity index is 699. The van der Waals surface area contributed by atoms with Gasteiger partial charge in [-0.15, -0.1) is 0 Å². The molecule has 1 aromatic rings. The van der Waals surface area contributed by atoms with Gasteiger partial charge in [0.15, 0.2) is 0 Å². The first-order valence-corrected chi connectivity index (χ1v) is 9.14. The molecule has 2 aliphatic heterocycles. The van der Waals surface area contributed by atoms with Crippen molar-refractivity contribution in [1.82, 2.24) is 19.8 Å². The number of hydrogen-bond acceptors (Lipinski definition) is 5. The highest BCUT2D eigenvalue weighted by Gasteiger charge is 2.42.